The molecule has 0 aromatic heterocycles. The Hall–Kier alpha value is -2.65. The Kier molecular flexibility index (Phi) is 15.1. The number of aliphatic hydroxyl groups is 3. The number of carbonyl (C=O) groups excluding carboxylic acids is 3. The fraction of sp³-hybridized carbons (Fsp3) is 0.780. The Morgan fingerprint density at radius 2 is 1.72 bits per heavy atom. The standard InChI is InChI=1S/C41H65NO12/c1-10-31(43)40(9)38(54-40)26(6)19-25(5)37-27(7)34(45)22(2)15-16-29(50-33-20-30(51-39(42)47)35(46)28(8)49-33)14-12-11-13-23(3)36-24(4)17-18-41(48,53-36)21-32(44)52-37/h13,15-17,22,25-30,33-38,45-46,48H,10-12,14,18-21H2,1-9H3,(H2,42,47)/b16-15+,23-13+/t22-,25-,26-,27-,28-,29-,30+,33?,34?,35+,36?,37?,38?,40?,41?/m1/s1. The third-order valence-corrected chi connectivity index (χ3v) is 11.8. The Labute approximate surface area is 320 Å². The molecule has 7 unspecified atom stereocenters. The van der Waals surface area contributed by atoms with Gasteiger partial charge < -0.3 is 49.5 Å². The van der Waals surface area contributed by atoms with Gasteiger partial charge in [0.1, 0.15) is 24.4 Å². The maximum atomic E-state index is 13.7. The number of ether oxygens (including phenoxy) is 6. The molecule has 2 bridgehead atoms. The number of hydrogen-bond donors (Lipinski definition) is 4. The monoisotopic (exact) mass is 763 g/mol. The van der Waals surface area contributed by atoms with Crippen molar-refractivity contribution in [3.63, 3.8) is 0 Å². The molecular weight excluding hydrogens is 698 g/mol. The van der Waals surface area contributed by atoms with Crippen LogP contribution in [0.25, 0.3) is 0 Å². The van der Waals surface area contributed by atoms with Gasteiger partial charge in [0.05, 0.1) is 30.8 Å². The molecule has 0 spiro atoms. The number of primary amides is 1. The summed E-state index contributed by atoms with van der Waals surface area (Å²) in [7, 11) is 0. The third-order valence-electron chi connectivity index (χ3n) is 11.8. The lowest BCUT2D eigenvalue weighted by molar-refractivity contribution is -0.254. The number of carbonyl (C=O) groups is 3. The van der Waals surface area contributed by atoms with Gasteiger partial charge in [0.25, 0.3) is 0 Å². The molecule has 13 heteroatoms. The number of nitrogens with two attached hydrogens (primary N) is 1. The molecule has 4 aliphatic rings. The molecule has 0 aromatic rings. The number of amides is 1. The number of hydrogen-bond acceptors (Lipinski definition) is 12. The van der Waals surface area contributed by atoms with Crippen molar-refractivity contribution >= 4 is 17.8 Å². The number of rotatable bonds is 9. The zero-order valence-electron chi connectivity index (χ0n) is 33.6. The largest absolute Gasteiger partial charge is 0.462 e. The maximum absolute atomic E-state index is 13.7. The predicted molar refractivity (Wildman–Crippen MR) is 200 cm³/mol. The average molecular weight is 764 g/mol. The van der Waals surface area contributed by atoms with E-state index in [1.807, 2.05) is 73.6 Å². The molecular formula is C41H65NO12. The summed E-state index contributed by atoms with van der Waals surface area (Å²) in [6, 6.07) is 0. The number of allylic oxidation sites excluding steroid dienone is 1. The SMILES string of the molecule is CCC(=O)C1(C)OC1[C@H](C)C[C@@H](C)C1OC(=O)CC2(O)CC=C(C)C(O2)/C(C)=C/CCC[C@@H](OC2C[C@H](OC(N)=O)[C@@H](O)[C@@H](C)O2)/C=C/[C@@H](C)C(O)[C@H]1C. The third kappa shape index (κ3) is 11.0. The van der Waals surface area contributed by atoms with E-state index in [1.165, 1.54) is 0 Å². The topological polar surface area (TPSA) is 197 Å². The number of esters is 1. The number of fused-ring (bicyclic) bond motifs is 2. The van der Waals surface area contributed by atoms with Gasteiger partial charge in [0.15, 0.2) is 23.5 Å². The number of ketones is 1. The zero-order valence-corrected chi connectivity index (χ0v) is 33.6. The summed E-state index contributed by atoms with van der Waals surface area (Å²) in [5, 5.41) is 33.9. The van der Waals surface area contributed by atoms with E-state index >= 15 is 0 Å². The van der Waals surface area contributed by atoms with E-state index in [0.29, 0.717) is 32.1 Å². The summed E-state index contributed by atoms with van der Waals surface area (Å²) in [6.07, 6.45) is 3.12. The Morgan fingerprint density at radius 1 is 1.04 bits per heavy atom. The minimum Gasteiger partial charge on any atom is -0.462 e. The van der Waals surface area contributed by atoms with Gasteiger partial charge in [-0.25, -0.2) is 4.79 Å². The van der Waals surface area contributed by atoms with E-state index < -0.39 is 84.3 Å². The minimum absolute atomic E-state index is 0.0277. The lowest BCUT2D eigenvalue weighted by Gasteiger charge is -2.38. The summed E-state index contributed by atoms with van der Waals surface area (Å²) in [6.45, 7) is 16.9. The molecule has 2 saturated heterocycles. The van der Waals surface area contributed by atoms with Crippen LogP contribution in [0.1, 0.15) is 114 Å². The van der Waals surface area contributed by atoms with Crippen molar-refractivity contribution in [2.45, 2.75) is 180 Å². The van der Waals surface area contributed by atoms with E-state index in [4.69, 9.17) is 34.2 Å². The Bertz CT molecular complexity index is 1410. The average Bonchev–Trinajstić information content (AvgIpc) is 3.81. The maximum Gasteiger partial charge on any atom is 0.404 e. The normalized spacial score (nSPS) is 42.4. The number of cyclic esters (lactones) is 1. The molecule has 1 amide bonds. The fourth-order valence-electron chi connectivity index (χ4n) is 8.43. The Balaban J connectivity index is 1.60. The van der Waals surface area contributed by atoms with Crippen LogP contribution in [0.15, 0.2) is 35.5 Å². The quantitative estimate of drug-likeness (QED) is 0.137. The highest BCUT2D eigenvalue weighted by atomic mass is 16.7. The Morgan fingerprint density at radius 3 is 2.39 bits per heavy atom. The minimum atomic E-state index is -1.77. The summed E-state index contributed by atoms with van der Waals surface area (Å²) in [5.41, 5.74) is 6.26. The molecule has 13 nitrogen and oxygen atoms in total. The van der Waals surface area contributed by atoms with Crippen LogP contribution in [0.2, 0.25) is 0 Å². The van der Waals surface area contributed by atoms with E-state index in [2.05, 4.69) is 6.08 Å². The second kappa shape index (κ2) is 18.5. The molecule has 15 atom stereocenters. The van der Waals surface area contributed by atoms with Gasteiger partial charge in [-0.15, -0.1) is 0 Å². The second-order valence-corrected chi connectivity index (χ2v) is 16.5. The van der Waals surface area contributed by atoms with Crippen LogP contribution >= 0.6 is 0 Å². The van der Waals surface area contributed by atoms with E-state index in [1.54, 1.807) is 6.92 Å². The smallest absolute Gasteiger partial charge is 0.404 e. The van der Waals surface area contributed by atoms with Gasteiger partial charge in [-0.1, -0.05) is 58.9 Å². The van der Waals surface area contributed by atoms with Crippen molar-refractivity contribution in [2.75, 3.05) is 0 Å². The van der Waals surface area contributed by atoms with Crippen molar-refractivity contribution in [1.29, 1.82) is 0 Å². The molecule has 0 aliphatic carbocycles. The van der Waals surface area contributed by atoms with Gasteiger partial charge in [0, 0.05) is 31.1 Å². The van der Waals surface area contributed by atoms with Crippen LogP contribution < -0.4 is 5.73 Å². The summed E-state index contributed by atoms with van der Waals surface area (Å²) in [4.78, 5) is 37.8. The highest BCUT2D eigenvalue weighted by Gasteiger charge is 2.59. The van der Waals surface area contributed by atoms with Crippen LogP contribution in [0.5, 0.6) is 0 Å². The van der Waals surface area contributed by atoms with Gasteiger partial charge >= 0.3 is 12.1 Å². The van der Waals surface area contributed by atoms with Crippen LogP contribution in [0.4, 0.5) is 4.79 Å². The van der Waals surface area contributed by atoms with Crippen molar-refractivity contribution in [1.82, 2.24) is 0 Å². The van der Waals surface area contributed by atoms with Crippen molar-refractivity contribution in [3.8, 4) is 0 Å². The number of aliphatic hydroxyl groups excluding tert-OH is 2. The zero-order chi connectivity index (χ0) is 40.1. The molecule has 4 rings (SSSR count). The first-order chi connectivity index (χ1) is 25.3. The first kappa shape index (κ1) is 44.1. The summed E-state index contributed by atoms with van der Waals surface area (Å²) < 4.78 is 35.8. The molecule has 0 saturated carbocycles. The first-order valence-corrected chi connectivity index (χ1v) is 19.7. The fourth-order valence-corrected chi connectivity index (χ4v) is 8.43. The molecule has 5 N–H and O–H groups in total. The van der Waals surface area contributed by atoms with Crippen LogP contribution in [0.3, 0.4) is 0 Å². The molecule has 2 fully saturated rings. The van der Waals surface area contributed by atoms with Crippen molar-refractivity contribution < 1.29 is 58.1 Å². The van der Waals surface area contributed by atoms with Crippen LogP contribution in [-0.2, 0) is 38.0 Å². The molecule has 306 valence electrons. The molecule has 4 aliphatic heterocycles. The van der Waals surface area contributed by atoms with Crippen molar-refractivity contribution in [2.24, 2.45) is 29.4 Å². The highest BCUT2D eigenvalue weighted by Crippen LogP contribution is 2.45. The number of epoxide rings is 1. The van der Waals surface area contributed by atoms with Gasteiger partial charge in [-0.3, -0.25) is 9.59 Å². The summed E-state index contributed by atoms with van der Waals surface area (Å²) >= 11 is 0. The van der Waals surface area contributed by atoms with E-state index in [-0.39, 0.29) is 43.0 Å². The lowest BCUT2D eigenvalue weighted by Crippen LogP contribution is -2.50. The van der Waals surface area contributed by atoms with E-state index in [9.17, 15) is 29.7 Å². The van der Waals surface area contributed by atoms with E-state index in [0.717, 1.165) is 11.1 Å². The first-order valence-electron chi connectivity index (χ1n) is 19.7. The summed E-state index contributed by atoms with van der Waals surface area (Å²) in [5.74, 6) is -3.55. The molecule has 4 heterocycles. The second-order valence-electron chi connectivity index (χ2n) is 16.5. The lowest BCUT2D eigenvalue weighted by atomic mass is 9.79. The predicted octanol–water partition coefficient (Wildman–Crippen LogP) is 5.18. The molecule has 0 radical (unpaired) electrons. The molecule has 54 heavy (non-hydrogen) atoms. The molecule has 0 aromatic carbocycles. The van der Waals surface area contributed by atoms with Crippen molar-refractivity contribution in [3.05, 3.63) is 35.5 Å². The van der Waals surface area contributed by atoms with Gasteiger partial charge in [-0.05, 0) is 76.4 Å². The van der Waals surface area contributed by atoms with Crippen LogP contribution in [0, 0.1) is 23.7 Å². The van der Waals surface area contributed by atoms with Crippen LogP contribution in [-0.4, -0.2) is 99.7 Å². The van der Waals surface area contributed by atoms with Gasteiger partial charge in [0.2, 0.25) is 0 Å². The number of Topliss-reactive ketones (excluding diaryl/α,β-unsaturated/α-hetero) is 1. The van der Waals surface area contributed by atoms with Gasteiger partial charge in [-0.2, -0.15) is 0 Å². The highest BCUT2D eigenvalue weighted by molar-refractivity contribution is 5.89.